The van der Waals surface area contributed by atoms with Gasteiger partial charge in [-0.1, -0.05) is 13.8 Å². The van der Waals surface area contributed by atoms with Gasteiger partial charge >= 0.3 is 0 Å². The number of nitrogens with zero attached hydrogens (tertiary/aromatic N) is 2. The number of sulfonamides is 1. The first-order chi connectivity index (χ1) is 9.47. The Morgan fingerprint density at radius 3 is 2.60 bits per heavy atom. The summed E-state index contributed by atoms with van der Waals surface area (Å²) < 4.78 is 31.1. The van der Waals surface area contributed by atoms with Crippen LogP contribution in [-0.2, 0) is 34.1 Å². The summed E-state index contributed by atoms with van der Waals surface area (Å²) in [5, 5.41) is 9.78. The summed E-state index contributed by atoms with van der Waals surface area (Å²) in [5.74, 6) is 0. The minimum atomic E-state index is -3.73. The molecule has 1 unspecified atom stereocenters. The summed E-state index contributed by atoms with van der Waals surface area (Å²) in [6, 6.07) is 0. The Morgan fingerprint density at radius 2 is 2.10 bits per heavy atom. The van der Waals surface area contributed by atoms with E-state index in [0.717, 1.165) is 25.9 Å². The number of primary sulfonamides is 1. The molecule has 0 spiro atoms. The molecule has 0 bridgehead atoms. The largest absolute Gasteiger partial charge is 0.376 e. The summed E-state index contributed by atoms with van der Waals surface area (Å²) in [6.07, 6.45) is 4.50. The molecule has 2 N–H and O–H groups in total. The predicted octanol–water partition coefficient (Wildman–Crippen LogP) is 1.22. The van der Waals surface area contributed by atoms with Crippen molar-refractivity contribution >= 4 is 10.0 Å². The van der Waals surface area contributed by atoms with E-state index in [0.29, 0.717) is 30.8 Å². The molecule has 0 saturated carbocycles. The Labute approximate surface area is 120 Å². The van der Waals surface area contributed by atoms with Crippen LogP contribution in [0.3, 0.4) is 0 Å². The van der Waals surface area contributed by atoms with Crippen LogP contribution in [0, 0.1) is 0 Å². The fraction of sp³-hybridized carbons (Fsp3) is 0.769. The average molecular weight is 301 g/mol. The van der Waals surface area contributed by atoms with Gasteiger partial charge in [0, 0.05) is 6.61 Å². The summed E-state index contributed by atoms with van der Waals surface area (Å²) >= 11 is 0. The summed E-state index contributed by atoms with van der Waals surface area (Å²) in [6.45, 7) is 5.18. The Hall–Kier alpha value is -0.920. The van der Waals surface area contributed by atoms with Gasteiger partial charge in [-0.3, -0.25) is 4.68 Å². The molecule has 6 nitrogen and oxygen atoms in total. The van der Waals surface area contributed by atoms with Gasteiger partial charge in [0.25, 0.3) is 0 Å². The van der Waals surface area contributed by atoms with Gasteiger partial charge in [-0.05, 0) is 32.1 Å². The van der Waals surface area contributed by atoms with E-state index < -0.39 is 10.0 Å². The molecule has 0 aromatic carbocycles. The molecule has 0 amide bonds. The molecular weight excluding hydrogens is 278 g/mol. The summed E-state index contributed by atoms with van der Waals surface area (Å²) in [7, 11) is -3.73. The monoisotopic (exact) mass is 301 g/mol. The van der Waals surface area contributed by atoms with Crippen molar-refractivity contribution in [3.05, 3.63) is 11.4 Å². The molecule has 1 aliphatic rings. The highest BCUT2D eigenvalue weighted by Crippen LogP contribution is 2.23. The molecule has 2 heterocycles. The van der Waals surface area contributed by atoms with Crippen molar-refractivity contribution in [2.24, 2.45) is 5.14 Å². The first-order valence-corrected chi connectivity index (χ1v) is 8.75. The van der Waals surface area contributed by atoms with Crippen LogP contribution in [0.5, 0.6) is 0 Å². The maximum atomic E-state index is 11.8. The number of hydrogen-bond donors (Lipinski definition) is 1. The molecule has 0 radical (unpaired) electrons. The third kappa shape index (κ3) is 3.21. The van der Waals surface area contributed by atoms with Crippen molar-refractivity contribution in [3.8, 4) is 0 Å². The average Bonchev–Trinajstić information content (AvgIpc) is 2.77. The van der Waals surface area contributed by atoms with E-state index in [9.17, 15) is 8.42 Å². The first kappa shape index (κ1) is 15.5. The van der Waals surface area contributed by atoms with E-state index in [-0.39, 0.29) is 11.0 Å². The minimum Gasteiger partial charge on any atom is -0.376 e. The van der Waals surface area contributed by atoms with E-state index in [2.05, 4.69) is 5.10 Å². The maximum absolute atomic E-state index is 11.8. The van der Waals surface area contributed by atoms with Crippen molar-refractivity contribution in [2.45, 2.75) is 63.5 Å². The lowest BCUT2D eigenvalue weighted by molar-refractivity contribution is 0.00344. The predicted molar refractivity (Wildman–Crippen MR) is 75.9 cm³/mol. The number of aromatic nitrogens is 2. The molecule has 2 rings (SSSR count). The van der Waals surface area contributed by atoms with Crippen LogP contribution in [0.25, 0.3) is 0 Å². The third-order valence-corrected chi connectivity index (χ3v) is 4.72. The van der Waals surface area contributed by atoms with Gasteiger partial charge in [0.05, 0.1) is 24.0 Å². The number of hydrogen-bond acceptors (Lipinski definition) is 4. The van der Waals surface area contributed by atoms with Gasteiger partial charge < -0.3 is 4.74 Å². The van der Waals surface area contributed by atoms with Crippen LogP contribution in [0.15, 0.2) is 4.90 Å². The Balaban J connectivity index is 2.35. The number of nitrogens with two attached hydrogens (primary N) is 1. The highest BCUT2D eigenvalue weighted by Gasteiger charge is 2.25. The molecule has 1 aromatic rings. The zero-order valence-corrected chi connectivity index (χ0v) is 12.9. The van der Waals surface area contributed by atoms with Crippen molar-refractivity contribution in [2.75, 3.05) is 6.61 Å². The topological polar surface area (TPSA) is 87.2 Å². The fourth-order valence-corrected chi connectivity index (χ4v) is 3.83. The SMILES string of the molecule is CCc1nn(CC2CCCCO2)c(CC)c1S(N)(=O)=O. The number of aryl methyl sites for hydroxylation is 1. The Morgan fingerprint density at radius 1 is 1.35 bits per heavy atom. The zero-order valence-electron chi connectivity index (χ0n) is 12.1. The van der Waals surface area contributed by atoms with Gasteiger partial charge in [-0.25, -0.2) is 13.6 Å². The van der Waals surface area contributed by atoms with Crippen LogP contribution in [0.4, 0.5) is 0 Å². The van der Waals surface area contributed by atoms with E-state index >= 15 is 0 Å². The normalized spacial score (nSPS) is 20.2. The van der Waals surface area contributed by atoms with Gasteiger partial charge in [0.2, 0.25) is 10.0 Å². The van der Waals surface area contributed by atoms with Gasteiger partial charge in [-0.15, -0.1) is 0 Å². The standard InChI is InChI=1S/C13H23N3O3S/c1-3-11-13(20(14,17)18)12(4-2)16(15-11)9-10-7-5-6-8-19-10/h10H,3-9H2,1-2H3,(H2,14,17,18). The second-order valence-electron chi connectivity index (χ2n) is 5.15. The lowest BCUT2D eigenvalue weighted by Gasteiger charge is -2.23. The summed E-state index contributed by atoms with van der Waals surface area (Å²) in [4.78, 5) is 0.207. The Bertz CT molecular complexity index is 560. The smallest absolute Gasteiger partial charge is 0.241 e. The second-order valence-corrected chi connectivity index (χ2v) is 6.64. The molecule has 1 saturated heterocycles. The van der Waals surface area contributed by atoms with Crippen LogP contribution < -0.4 is 5.14 Å². The van der Waals surface area contributed by atoms with Crippen molar-refractivity contribution in [1.29, 1.82) is 0 Å². The molecule has 0 aliphatic carbocycles. The van der Waals surface area contributed by atoms with Gasteiger partial charge in [-0.2, -0.15) is 5.10 Å². The quantitative estimate of drug-likeness (QED) is 0.886. The Kier molecular flexibility index (Phi) is 4.82. The zero-order chi connectivity index (χ0) is 14.8. The van der Waals surface area contributed by atoms with Crippen molar-refractivity contribution < 1.29 is 13.2 Å². The second kappa shape index (κ2) is 6.24. The van der Waals surface area contributed by atoms with Crippen LogP contribution >= 0.6 is 0 Å². The number of ether oxygens (including phenoxy) is 1. The fourth-order valence-electron chi connectivity index (χ4n) is 2.73. The molecule has 20 heavy (non-hydrogen) atoms. The molecule has 1 fully saturated rings. The molecule has 1 aromatic heterocycles. The van der Waals surface area contributed by atoms with E-state index in [1.807, 2.05) is 13.8 Å². The molecule has 114 valence electrons. The van der Waals surface area contributed by atoms with Gasteiger partial charge in [0.1, 0.15) is 4.90 Å². The van der Waals surface area contributed by atoms with Crippen LogP contribution in [0.1, 0.15) is 44.5 Å². The van der Waals surface area contributed by atoms with Gasteiger partial charge in [0.15, 0.2) is 0 Å². The first-order valence-electron chi connectivity index (χ1n) is 7.20. The van der Waals surface area contributed by atoms with E-state index in [4.69, 9.17) is 9.88 Å². The lowest BCUT2D eigenvalue weighted by Crippen LogP contribution is -2.26. The third-order valence-electron chi connectivity index (χ3n) is 3.68. The van der Waals surface area contributed by atoms with E-state index in [1.54, 1.807) is 4.68 Å². The van der Waals surface area contributed by atoms with Crippen LogP contribution in [0.2, 0.25) is 0 Å². The highest BCUT2D eigenvalue weighted by molar-refractivity contribution is 7.89. The van der Waals surface area contributed by atoms with Crippen LogP contribution in [-0.4, -0.2) is 30.9 Å². The maximum Gasteiger partial charge on any atom is 0.241 e. The lowest BCUT2D eigenvalue weighted by atomic mass is 10.1. The molecule has 1 atom stereocenters. The highest BCUT2D eigenvalue weighted by atomic mass is 32.2. The molecule has 7 heteroatoms. The van der Waals surface area contributed by atoms with E-state index in [1.165, 1.54) is 0 Å². The summed E-state index contributed by atoms with van der Waals surface area (Å²) in [5.41, 5.74) is 1.25. The minimum absolute atomic E-state index is 0.118. The van der Waals surface area contributed by atoms with Crippen molar-refractivity contribution in [1.82, 2.24) is 9.78 Å². The molecular formula is C13H23N3O3S. The van der Waals surface area contributed by atoms with Crippen molar-refractivity contribution in [3.63, 3.8) is 0 Å². The number of rotatable bonds is 5. The molecule has 1 aliphatic heterocycles.